The van der Waals surface area contributed by atoms with Gasteiger partial charge in [-0.3, -0.25) is 0 Å². The van der Waals surface area contributed by atoms with E-state index in [9.17, 15) is 9.59 Å². The van der Waals surface area contributed by atoms with Gasteiger partial charge < -0.3 is 13.6 Å². The predicted octanol–water partition coefficient (Wildman–Crippen LogP) is 9.14. The standard InChI is InChI=1S/C43H39INO7P/c44-53(34-13-4-1-5-14-34,35-15-6-2-7-16-35,36-17-8-3-9-18-36)30-12-26-45-43(47)51-33-21-19-32(20-22-33)48-27-10-11-28-50-42-37-23-24-41(46)52-40(37)31-39-38(42)25-29-49-39/h1-9,13-25,29,31H,10-12,26-28,30H2,(H,45,47). The van der Waals surface area contributed by atoms with Gasteiger partial charge in [0.25, 0.3) is 0 Å². The SMILES string of the molecule is O=C(NCCCP(I)(c1ccccc1)(c1ccccc1)c1ccccc1)Oc1ccc(OCCCCOc2c3ccoc3cc3oc(=O)ccc23)cc1. The maximum atomic E-state index is 12.8. The van der Waals surface area contributed by atoms with Crippen molar-refractivity contribution in [3.8, 4) is 17.2 Å². The molecule has 0 aliphatic carbocycles. The number of rotatable bonds is 15. The Labute approximate surface area is 320 Å². The molecule has 7 aromatic rings. The van der Waals surface area contributed by atoms with Gasteiger partial charge in [0, 0.05) is 12.1 Å². The van der Waals surface area contributed by atoms with Crippen LogP contribution in [0.3, 0.4) is 0 Å². The van der Waals surface area contributed by atoms with E-state index in [4.69, 9.17) is 23.0 Å². The Balaban J connectivity index is 0.891. The van der Waals surface area contributed by atoms with E-state index in [-0.39, 0.29) is 0 Å². The van der Waals surface area contributed by atoms with Gasteiger partial charge in [-0.25, -0.2) is 4.79 Å². The van der Waals surface area contributed by atoms with Crippen molar-refractivity contribution in [1.82, 2.24) is 5.32 Å². The number of furan rings is 1. The minimum absolute atomic E-state index is 0.422. The van der Waals surface area contributed by atoms with Gasteiger partial charge in [0.15, 0.2) is 0 Å². The maximum absolute atomic E-state index is 12.8. The van der Waals surface area contributed by atoms with Crippen molar-refractivity contribution in [2.45, 2.75) is 19.3 Å². The fourth-order valence-electron chi connectivity index (χ4n) is 6.70. The van der Waals surface area contributed by atoms with E-state index in [0.29, 0.717) is 48.2 Å². The van der Waals surface area contributed by atoms with Gasteiger partial charge in [0.05, 0.1) is 23.6 Å². The van der Waals surface area contributed by atoms with Crippen LogP contribution in [0.5, 0.6) is 17.2 Å². The van der Waals surface area contributed by atoms with E-state index >= 15 is 0 Å². The van der Waals surface area contributed by atoms with Crippen LogP contribution in [0.2, 0.25) is 0 Å². The van der Waals surface area contributed by atoms with Gasteiger partial charge in [0.1, 0.15) is 16.9 Å². The first kappa shape index (κ1) is 36.2. The van der Waals surface area contributed by atoms with Crippen molar-refractivity contribution in [2.75, 3.05) is 25.9 Å². The Bertz CT molecular complexity index is 2250. The first-order valence-electron chi connectivity index (χ1n) is 17.6. The van der Waals surface area contributed by atoms with E-state index < -0.39 is 16.0 Å². The Morgan fingerprint density at radius 1 is 0.642 bits per heavy atom. The van der Waals surface area contributed by atoms with E-state index in [2.05, 4.69) is 118 Å². The molecule has 7 rings (SSSR count). The number of ether oxygens (including phenoxy) is 3. The molecule has 0 unspecified atom stereocenters. The van der Waals surface area contributed by atoms with Crippen LogP contribution in [0.15, 0.2) is 159 Å². The third-order valence-corrected chi connectivity index (χ3v) is 21.0. The Kier molecular flexibility index (Phi) is 11.1. The molecule has 270 valence electrons. The summed E-state index contributed by atoms with van der Waals surface area (Å²) in [7, 11) is 0. The Morgan fingerprint density at radius 2 is 1.21 bits per heavy atom. The number of halogens is 1. The second-order valence-electron chi connectivity index (χ2n) is 12.7. The predicted molar refractivity (Wildman–Crippen MR) is 222 cm³/mol. The summed E-state index contributed by atoms with van der Waals surface area (Å²) in [5.41, 5.74) is 0.592. The monoisotopic (exact) mass is 839 g/mol. The molecule has 0 saturated carbocycles. The molecule has 8 nitrogen and oxygen atoms in total. The van der Waals surface area contributed by atoms with Gasteiger partial charge in [-0.05, 0) is 25.0 Å². The normalized spacial score (nSPS) is 12.2. The molecule has 0 aliphatic heterocycles. The topological polar surface area (TPSA) is 100 Å². The van der Waals surface area contributed by atoms with Crippen molar-refractivity contribution < 1.29 is 27.8 Å². The Hall–Kier alpha value is -5.12. The third-order valence-electron chi connectivity index (χ3n) is 9.30. The van der Waals surface area contributed by atoms with Crippen LogP contribution in [0, 0.1) is 0 Å². The van der Waals surface area contributed by atoms with Crippen LogP contribution in [-0.4, -0.2) is 32.0 Å². The van der Waals surface area contributed by atoms with Gasteiger partial charge >= 0.3 is 226 Å². The molecule has 0 atom stereocenters. The number of hydrogen-bond donors (Lipinski definition) is 1. The van der Waals surface area contributed by atoms with Crippen molar-refractivity contribution in [3.05, 3.63) is 156 Å². The average Bonchev–Trinajstić information content (AvgIpc) is 3.67. The molecule has 2 heterocycles. The molecular weight excluding hydrogens is 800 g/mol. The first-order valence-corrected chi connectivity index (χ1v) is 22.8. The molecule has 1 N–H and O–H groups in total. The molecule has 10 heteroatoms. The molecule has 0 spiro atoms. The third kappa shape index (κ3) is 7.82. The summed E-state index contributed by atoms with van der Waals surface area (Å²) in [5, 5.41) is 8.44. The summed E-state index contributed by atoms with van der Waals surface area (Å²) in [6.45, 7) is 1.42. The number of unbranched alkanes of at least 4 members (excludes halogenated alkanes) is 1. The second-order valence-corrected chi connectivity index (χ2v) is 23.4. The number of amides is 1. The van der Waals surface area contributed by atoms with Gasteiger partial charge in [-0.1, -0.05) is 0 Å². The zero-order valence-electron chi connectivity index (χ0n) is 29.0. The molecular formula is C43H39INO7P. The molecule has 1 amide bonds. The number of carbonyl (C=O) groups excluding carboxylic acids is 1. The van der Waals surface area contributed by atoms with Crippen LogP contribution in [-0.2, 0) is 0 Å². The summed E-state index contributed by atoms with van der Waals surface area (Å²) in [4.78, 5) is 24.5. The minimum atomic E-state index is -2.91. The van der Waals surface area contributed by atoms with Crippen molar-refractivity contribution >= 4 is 70.2 Å². The molecule has 0 aliphatic rings. The quantitative estimate of drug-likeness (QED) is 0.0476. The van der Waals surface area contributed by atoms with Gasteiger partial charge in [-0.15, -0.1) is 0 Å². The fourth-order valence-corrected chi connectivity index (χ4v) is 15.4. The van der Waals surface area contributed by atoms with Gasteiger partial charge in [0.2, 0.25) is 0 Å². The van der Waals surface area contributed by atoms with Crippen molar-refractivity contribution in [3.63, 3.8) is 0 Å². The summed E-state index contributed by atoms with van der Waals surface area (Å²) in [5.74, 6) is 1.75. The second kappa shape index (κ2) is 16.3. The zero-order chi connectivity index (χ0) is 36.5. The van der Waals surface area contributed by atoms with E-state index in [1.54, 1.807) is 42.7 Å². The number of benzene rings is 5. The van der Waals surface area contributed by atoms with Crippen LogP contribution in [0.25, 0.3) is 21.9 Å². The molecule has 5 aromatic carbocycles. The van der Waals surface area contributed by atoms with Crippen molar-refractivity contribution in [1.29, 1.82) is 0 Å². The molecule has 0 saturated heterocycles. The van der Waals surface area contributed by atoms with Gasteiger partial charge in [-0.2, -0.15) is 0 Å². The molecule has 53 heavy (non-hydrogen) atoms. The van der Waals surface area contributed by atoms with Crippen molar-refractivity contribution in [2.24, 2.45) is 0 Å². The zero-order valence-corrected chi connectivity index (χ0v) is 32.0. The molecule has 0 bridgehead atoms. The van der Waals surface area contributed by atoms with E-state index in [1.807, 2.05) is 6.07 Å². The number of hydrogen-bond acceptors (Lipinski definition) is 7. The summed E-state index contributed by atoms with van der Waals surface area (Å²) >= 11 is 2.76. The number of fused-ring (bicyclic) bond motifs is 2. The number of nitrogens with one attached hydrogen (secondary N) is 1. The first-order chi connectivity index (χ1) is 25.9. The number of carbonyl (C=O) groups is 1. The molecule has 0 radical (unpaired) electrons. The Morgan fingerprint density at radius 3 is 1.83 bits per heavy atom. The van der Waals surface area contributed by atoms with Crippen LogP contribution in [0.1, 0.15) is 19.3 Å². The van der Waals surface area contributed by atoms with E-state index in [1.165, 1.54) is 22.0 Å². The van der Waals surface area contributed by atoms with E-state index in [0.717, 1.165) is 36.2 Å². The fraction of sp³-hybridized carbons (Fsp3) is 0.163. The van der Waals surface area contributed by atoms with Crippen LogP contribution in [0.4, 0.5) is 4.79 Å². The van der Waals surface area contributed by atoms with Crippen LogP contribution >= 0.6 is 26.3 Å². The average molecular weight is 840 g/mol. The molecule has 0 fully saturated rings. The summed E-state index contributed by atoms with van der Waals surface area (Å²) in [6.07, 6.45) is 4.24. The molecule has 2 aromatic heterocycles. The summed E-state index contributed by atoms with van der Waals surface area (Å²) in [6, 6.07) is 45.9. The summed E-state index contributed by atoms with van der Waals surface area (Å²) < 4.78 is 25.6. The van der Waals surface area contributed by atoms with Crippen LogP contribution < -0.4 is 41.1 Å².